The van der Waals surface area contributed by atoms with Crippen LogP contribution in [0.3, 0.4) is 0 Å². The monoisotopic (exact) mass is 281 g/mol. The van der Waals surface area contributed by atoms with Crippen LogP contribution in [0.5, 0.6) is 0 Å². The molecule has 2 rings (SSSR count). The first-order valence-electron chi connectivity index (χ1n) is 8.27. The maximum absolute atomic E-state index is 12.1. The van der Waals surface area contributed by atoms with E-state index in [2.05, 4.69) is 26.1 Å². The number of amides is 1. The Morgan fingerprint density at radius 1 is 1.25 bits per heavy atom. The number of aliphatic hydroxyl groups is 1. The lowest BCUT2D eigenvalue weighted by Gasteiger charge is -2.39. The Hall–Kier alpha value is -0.570. The van der Waals surface area contributed by atoms with Crippen LogP contribution in [0.2, 0.25) is 0 Å². The average Bonchev–Trinajstić information content (AvgIpc) is 2.71. The van der Waals surface area contributed by atoms with Crippen molar-refractivity contribution in [2.45, 2.75) is 77.7 Å². The standard InChI is InChI=1S/C17H31NO2/c1-13-8-14(11-16(2,3)10-13)9-15(19)18-12-17(20)6-4-5-7-17/h13-14,20H,4-12H2,1-3H3,(H,18,19)/t13-,14-/m1/s1. The zero-order valence-electron chi connectivity index (χ0n) is 13.4. The van der Waals surface area contributed by atoms with Gasteiger partial charge < -0.3 is 10.4 Å². The van der Waals surface area contributed by atoms with Crippen LogP contribution in [0, 0.1) is 17.3 Å². The largest absolute Gasteiger partial charge is 0.388 e. The molecule has 2 fully saturated rings. The number of hydrogen-bond acceptors (Lipinski definition) is 2. The molecule has 3 nitrogen and oxygen atoms in total. The summed E-state index contributed by atoms with van der Waals surface area (Å²) in [6.07, 6.45) is 8.05. The summed E-state index contributed by atoms with van der Waals surface area (Å²) < 4.78 is 0. The number of nitrogens with one attached hydrogen (secondary N) is 1. The van der Waals surface area contributed by atoms with Gasteiger partial charge in [0.2, 0.25) is 5.91 Å². The van der Waals surface area contributed by atoms with E-state index in [0.29, 0.717) is 24.3 Å². The number of rotatable bonds is 4. The molecule has 0 aliphatic heterocycles. The van der Waals surface area contributed by atoms with E-state index in [0.717, 1.165) is 38.0 Å². The molecule has 2 N–H and O–H groups in total. The Kier molecular flexibility index (Phi) is 4.78. The molecule has 3 heteroatoms. The molecular weight excluding hydrogens is 250 g/mol. The van der Waals surface area contributed by atoms with Gasteiger partial charge in [-0.1, -0.05) is 33.6 Å². The minimum atomic E-state index is -0.630. The molecule has 0 heterocycles. The first-order valence-corrected chi connectivity index (χ1v) is 8.27. The zero-order valence-corrected chi connectivity index (χ0v) is 13.4. The Labute approximate surface area is 123 Å². The van der Waals surface area contributed by atoms with Crippen molar-refractivity contribution in [2.24, 2.45) is 17.3 Å². The van der Waals surface area contributed by atoms with Crippen molar-refractivity contribution in [1.29, 1.82) is 0 Å². The van der Waals surface area contributed by atoms with Crippen molar-refractivity contribution < 1.29 is 9.90 Å². The summed E-state index contributed by atoms with van der Waals surface area (Å²) in [7, 11) is 0. The van der Waals surface area contributed by atoms with E-state index in [-0.39, 0.29) is 5.91 Å². The van der Waals surface area contributed by atoms with Crippen LogP contribution >= 0.6 is 0 Å². The second-order valence-corrected chi connectivity index (χ2v) is 8.19. The summed E-state index contributed by atoms with van der Waals surface area (Å²) in [6.45, 7) is 7.37. The van der Waals surface area contributed by atoms with E-state index in [9.17, 15) is 9.90 Å². The van der Waals surface area contributed by atoms with Crippen LogP contribution < -0.4 is 5.32 Å². The van der Waals surface area contributed by atoms with Crippen molar-refractivity contribution in [3.05, 3.63) is 0 Å². The summed E-state index contributed by atoms with van der Waals surface area (Å²) in [5.74, 6) is 1.35. The van der Waals surface area contributed by atoms with Crippen LogP contribution in [0.1, 0.15) is 72.1 Å². The summed E-state index contributed by atoms with van der Waals surface area (Å²) >= 11 is 0. The lowest BCUT2D eigenvalue weighted by Crippen LogP contribution is -2.41. The number of carbonyl (C=O) groups is 1. The van der Waals surface area contributed by atoms with Gasteiger partial charge in [0.25, 0.3) is 0 Å². The van der Waals surface area contributed by atoms with Crippen molar-refractivity contribution in [3.63, 3.8) is 0 Å². The molecule has 20 heavy (non-hydrogen) atoms. The first-order chi connectivity index (χ1) is 9.28. The third kappa shape index (κ3) is 4.47. The van der Waals surface area contributed by atoms with Crippen LogP contribution in [-0.2, 0) is 4.79 Å². The fourth-order valence-corrected chi connectivity index (χ4v) is 4.51. The molecule has 0 spiro atoms. The summed E-state index contributed by atoms with van der Waals surface area (Å²) in [6, 6.07) is 0. The van der Waals surface area contributed by atoms with Gasteiger partial charge in [-0.2, -0.15) is 0 Å². The quantitative estimate of drug-likeness (QED) is 0.831. The van der Waals surface area contributed by atoms with Gasteiger partial charge in [0.1, 0.15) is 0 Å². The van der Waals surface area contributed by atoms with Crippen LogP contribution in [0.25, 0.3) is 0 Å². The molecule has 0 aromatic heterocycles. The normalized spacial score (nSPS) is 32.0. The van der Waals surface area contributed by atoms with Gasteiger partial charge in [0, 0.05) is 13.0 Å². The Morgan fingerprint density at radius 3 is 2.50 bits per heavy atom. The maximum atomic E-state index is 12.1. The molecular formula is C17H31NO2. The van der Waals surface area contributed by atoms with Crippen molar-refractivity contribution in [3.8, 4) is 0 Å². The third-order valence-corrected chi connectivity index (χ3v) is 5.10. The van der Waals surface area contributed by atoms with E-state index in [1.807, 2.05) is 0 Å². The summed E-state index contributed by atoms with van der Waals surface area (Å²) in [5.41, 5.74) is -0.263. The third-order valence-electron chi connectivity index (χ3n) is 5.10. The van der Waals surface area contributed by atoms with E-state index in [1.165, 1.54) is 12.8 Å². The van der Waals surface area contributed by atoms with Gasteiger partial charge in [-0.15, -0.1) is 0 Å². The fourth-order valence-electron chi connectivity index (χ4n) is 4.51. The van der Waals surface area contributed by atoms with Crippen LogP contribution in [0.4, 0.5) is 0 Å². The highest BCUT2D eigenvalue weighted by Crippen LogP contribution is 2.42. The topological polar surface area (TPSA) is 49.3 Å². The van der Waals surface area contributed by atoms with E-state index in [4.69, 9.17) is 0 Å². The molecule has 116 valence electrons. The predicted molar refractivity (Wildman–Crippen MR) is 81.3 cm³/mol. The van der Waals surface area contributed by atoms with Crippen molar-refractivity contribution in [2.75, 3.05) is 6.54 Å². The highest BCUT2D eigenvalue weighted by atomic mass is 16.3. The zero-order chi connectivity index (χ0) is 14.8. The molecule has 0 saturated heterocycles. The number of carbonyl (C=O) groups excluding carboxylic acids is 1. The van der Waals surface area contributed by atoms with E-state index >= 15 is 0 Å². The Balaban J connectivity index is 1.76. The van der Waals surface area contributed by atoms with Crippen molar-refractivity contribution in [1.82, 2.24) is 5.32 Å². The average molecular weight is 281 g/mol. The van der Waals surface area contributed by atoms with Crippen molar-refractivity contribution >= 4 is 5.91 Å². The van der Waals surface area contributed by atoms with Gasteiger partial charge in [-0.3, -0.25) is 4.79 Å². The smallest absolute Gasteiger partial charge is 0.220 e. The lowest BCUT2D eigenvalue weighted by atomic mass is 9.67. The molecule has 0 radical (unpaired) electrons. The summed E-state index contributed by atoms with van der Waals surface area (Å²) in [4.78, 5) is 12.1. The predicted octanol–water partition coefficient (Wildman–Crippen LogP) is 3.26. The van der Waals surface area contributed by atoms with Crippen LogP contribution in [0.15, 0.2) is 0 Å². The van der Waals surface area contributed by atoms with E-state index in [1.54, 1.807) is 0 Å². The van der Waals surface area contributed by atoms with Gasteiger partial charge in [0.15, 0.2) is 0 Å². The molecule has 0 bridgehead atoms. The molecule has 2 aliphatic carbocycles. The van der Waals surface area contributed by atoms with E-state index < -0.39 is 5.60 Å². The lowest BCUT2D eigenvalue weighted by molar-refractivity contribution is -0.123. The van der Waals surface area contributed by atoms with Crippen LogP contribution in [-0.4, -0.2) is 23.2 Å². The summed E-state index contributed by atoms with van der Waals surface area (Å²) in [5, 5.41) is 13.2. The maximum Gasteiger partial charge on any atom is 0.220 e. The molecule has 0 aromatic carbocycles. The number of hydrogen-bond donors (Lipinski definition) is 2. The Morgan fingerprint density at radius 2 is 1.90 bits per heavy atom. The van der Waals surface area contributed by atoms with Gasteiger partial charge in [-0.25, -0.2) is 0 Å². The SMILES string of the molecule is C[C@@H]1C[C@H](CC(=O)NCC2(O)CCCC2)CC(C)(C)C1. The minimum absolute atomic E-state index is 0.125. The van der Waals surface area contributed by atoms with Gasteiger partial charge >= 0.3 is 0 Å². The molecule has 2 saturated carbocycles. The second-order valence-electron chi connectivity index (χ2n) is 8.19. The molecule has 2 aliphatic rings. The molecule has 2 atom stereocenters. The fraction of sp³-hybridized carbons (Fsp3) is 0.941. The minimum Gasteiger partial charge on any atom is -0.388 e. The highest BCUT2D eigenvalue weighted by molar-refractivity contribution is 5.76. The Bertz CT molecular complexity index is 345. The second kappa shape index (κ2) is 6.05. The molecule has 1 amide bonds. The first kappa shape index (κ1) is 15.8. The van der Waals surface area contributed by atoms with Gasteiger partial charge in [-0.05, 0) is 49.4 Å². The van der Waals surface area contributed by atoms with Gasteiger partial charge in [0.05, 0.1) is 5.60 Å². The molecule has 0 unspecified atom stereocenters. The molecule has 0 aromatic rings. The highest BCUT2D eigenvalue weighted by Gasteiger charge is 2.34.